The van der Waals surface area contributed by atoms with Gasteiger partial charge in [-0.05, 0) is 30.0 Å². The Morgan fingerprint density at radius 1 is 0.833 bits per heavy atom. The maximum absolute atomic E-state index is 11.6. The summed E-state index contributed by atoms with van der Waals surface area (Å²) in [7, 11) is -9.94. The molecule has 9 heteroatoms. The Bertz CT molecular complexity index is 1120. The Morgan fingerprint density at radius 2 is 1.43 bits per heavy atom. The van der Waals surface area contributed by atoms with Gasteiger partial charge in [0.25, 0.3) is 10.1 Å². The van der Waals surface area contributed by atoms with E-state index in [1.807, 2.05) is 72.8 Å². The standard InChI is InChI=1S/C21H22NO6PS/c23-29(24,25)21(30(26,27)28)14-12-19(16-7-3-1-4-8-16)18-11-13-20(22-15-18)17-9-5-2-6-10-17/h1-11,13,15,19,21H,12,14H2,(H2,23,24,25)(H,26,27,28). The first-order valence-electron chi connectivity index (χ1n) is 9.24. The van der Waals surface area contributed by atoms with E-state index in [4.69, 9.17) is 0 Å². The van der Waals surface area contributed by atoms with Crippen LogP contribution in [0.4, 0.5) is 0 Å². The van der Waals surface area contributed by atoms with Crippen molar-refractivity contribution in [3.05, 3.63) is 90.1 Å². The fourth-order valence-corrected chi connectivity index (χ4v) is 5.71. The van der Waals surface area contributed by atoms with E-state index in [2.05, 4.69) is 4.98 Å². The van der Waals surface area contributed by atoms with Crippen LogP contribution in [-0.2, 0) is 14.7 Å². The van der Waals surface area contributed by atoms with Gasteiger partial charge in [0, 0.05) is 17.7 Å². The summed E-state index contributed by atoms with van der Waals surface area (Å²) in [4.78, 5) is 21.1. The summed E-state index contributed by atoms with van der Waals surface area (Å²) in [6, 6.07) is 22.5. The second-order valence-electron chi connectivity index (χ2n) is 6.94. The summed E-state index contributed by atoms with van der Waals surface area (Å²) in [5.41, 5.74) is 3.36. The van der Waals surface area contributed by atoms with Crippen molar-refractivity contribution >= 4 is 17.7 Å². The molecule has 7 nitrogen and oxygen atoms in total. The van der Waals surface area contributed by atoms with Gasteiger partial charge in [-0.25, -0.2) is 0 Å². The van der Waals surface area contributed by atoms with Crippen LogP contribution in [0.2, 0.25) is 0 Å². The number of hydrogen-bond acceptors (Lipinski definition) is 4. The minimum absolute atomic E-state index is 0.103. The number of aromatic nitrogens is 1. The summed E-state index contributed by atoms with van der Waals surface area (Å²) in [5, 5.41) is 0. The van der Waals surface area contributed by atoms with Crippen molar-refractivity contribution in [3.8, 4) is 11.3 Å². The summed E-state index contributed by atoms with van der Waals surface area (Å²) >= 11 is 0. The molecule has 0 aliphatic rings. The van der Waals surface area contributed by atoms with Crippen LogP contribution in [0.15, 0.2) is 79.0 Å². The first-order chi connectivity index (χ1) is 14.2. The maximum Gasteiger partial charge on any atom is 0.346 e. The third-order valence-electron chi connectivity index (χ3n) is 4.88. The normalized spacial score (nSPS) is 14.2. The van der Waals surface area contributed by atoms with Crippen LogP contribution in [-0.4, -0.2) is 32.7 Å². The van der Waals surface area contributed by atoms with Gasteiger partial charge in [0.05, 0.1) is 5.69 Å². The zero-order valence-corrected chi connectivity index (χ0v) is 17.7. The molecule has 0 aliphatic carbocycles. The van der Waals surface area contributed by atoms with Crippen molar-refractivity contribution < 1.29 is 27.3 Å². The Balaban J connectivity index is 1.91. The number of nitrogens with zero attached hydrogens (tertiary/aromatic N) is 1. The molecule has 2 unspecified atom stereocenters. The van der Waals surface area contributed by atoms with E-state index in [0.717, 1.165) is 22.4 Å². The third-order valence-corrected chi connectivity index (χ3v) is 8.44. The van der Waals surface area contributed by atoms with E-state index in [1.165, 1.54) is 0 Å². The van der Waals surface area contributed by atoms with E-state index < -0.39 is 29.1 Å². The molecule has 0 spiro atoms. The number of pyridine rings is 1. The van der Waals surface area contributed by atoms with E-state index in [0.29, 0.717) is 0 Å². The van der Waals surface area contributed by atoms with Gasteiger partial charge in [0.15, 0.2) is 4.99 Å². The van der Waals surface area contributed by atoms with Crippen molar-refractivity contribution in [2.45, 2.75) is 23.8 Å². The maximum atomic E-state index is 11.6. The lowest BCUT2D eigenvalue weighted by Gasteiger charge is -2.21. The predicted octanol–water partition coefficient (Wildman–Crippen LogP) is 4.05. The number of benzene rings is 2. The number of hydrogen-bond donors (Lipinski definition) is 3. The largest absolute Gasteiger partial charge is 0.346 e. The molecule has 1 heterocycles. The lowest BCUT2D eigenvalue weighted by Crippen LogP contribution is -2.21. The predicted molar refractivity (Wildman–Crippen MR) is 115 cm³/mol. The smallest absolute Gasteiger partial charge is 0.323 e. The van der Waals surface area contributed by atoms with E-state index >= 15 is 0 Å². The van der Waals surface area contributed by atoms with Crippen molar-refractivity contribution in [2.24, 2.45) is 0 Å². The molecule has 0 aliphatic heterocycles. The average Bonchev–Trinajstić information content (AvgIpc) is 2.71. The second kappa shape index (κ2) is 9.20. The van der Waals surface area contributed by atoms with Crippen LogP contribution >= 0.6 is 7.60 Å². The second-order valence-corrected chi connectivity index (χ2v) is 10.7. The summed E-state index contributed by atoms with van der Waals surface area (Å²) in [5.74, 6) is -0.348. The molecule has 1 aromatic heterocycles. The lowest BCUT2D eigenvalue weighted by molar-refractivity contribution is 0.359. The quantitative estimate of drug-likeness (QED) is 0.351. The van der Waals surface area contributed by atoms with Crippen LogP contribution in [0.3, 0.4) is 0 Å². The first kappa shape index (κ1) is 22.3. The Kier molecular flexibility index (Phi) is 6.85. The molecule has 0 fully saturated rings. The molecule has 0 saturated carbocycles. The molecular formula is C21H22NO6PS. The molecule has 3 aromatic rings. The highest BCUT2D eigenvalue weighted by Crippen LogP contribution is 2.47. The lowest BCUT2D eigenvalue weighted by atomic mass is 9.88. The molecular weight excluding hydrogens is 425 g/mol. The summed E-state index contributed by atoms with van der Waals surface area (Å²) in [6.07, 6.45) is 1.38. The topological polar surface area (TPSA) is 125 Å². The van der Waals surface area contributed by atoms with Gasteiger partial charge >= 0.3 is 7.60 Å². The molecule has 0 amide bonds. The molecule has 2 aromatic carbocycles. The molecule has 3 rings (SSSR count). The minimum atomic E-state index is -5.04. The molecule has 0 saturated heterocycles. The van der Waals surface area contributed by atoms with Crippen LogP contribution in [0.5, 0.6) is 0 Å². The third kappa shape index (κ3) is 5.62. The van der Waals surface area contributed by atoms with Gasteiger partial charge in [0.1, 0.15) is 0 Å². The average molecular weight is 447 g/mol. The molecule has 0 bridgehead atoms. The fraction of sp³-hybridized carbons (Fsp3) is 0.190. The minimum Gasteiger partial charge on any atom is -0.323 e. The van der Waals surface area contributed by atoms with Crippen molar-refractivity contribution in [2.75, 3.05) is 0 Å². The monoisotopic (exact) mass is 447 g/mol. The Morgan fingerprint density at radius 3 is 1.93 bits per heavy atom. The molecule has 30 heavy (non-hydrogen) atoms. The van der Waals surface area contributed by atoms with Gasteiger partial charge in [-0.15, -0.1) is 0 Å². The van der Waals surface area contributed by atoms with Gasteiger partial charge < -0.3 is 9.79 Å². The van der Waals surface area contributed by atoms with E-state index in [1.54, 1.807) is 6.20 Å². The first-order valence-corrected chi connectivity index (χ1v) is 12.4. The van der Waals surface area contributed by atoms with E-state index in [-0.39, 0.29) is 12.3 Å². The fourth-order valence-electron chi connectivity index (χ4n) is 3.40. The van der Waals surface area contributed by atoms with Gasteiger partial charge in [-0.3, -0.25) is 14.1 Å². The molecule has 2 atom stereocenters. The zero-order chi connectivity index (χ0) is 21.8. The molecule has 3 N–H and O–H groups in total. The van der Waals surface area contributed by atoms with Crippen LogP contribution in [0.1, 0.15) is 29.9 Å². The summed E-state index contributed by atoms with van der Waals surface area (Å²) < 4.78 is 43.9. The SMILES string of the molecule is O=P(O)(O)C(CCC(c1ccccc1)c1ccc(-c2ccccc2)nc1)S(=O)(=O)O. The highest BCUT2D eigenvalue weighted by molar-refractivity contribution is 7.93. The Labute approximate surface area is 175 Å². The molecule has 0 radical (unpaired) electrons. The van der Waals surface area contributed by atoms with Crippen LogP contribution in [0, 0.1) is 0 Å². The molecule has 158 valence electrons. The van der Waals surface area contributed by atoms with Crippen molar-refractivity contribution in [3.63, 3.8) is 0 Å². The van der Waals surface area contributed by atoms with Crippen LogP contribution < -0.4 is 0 Å². The number of rotatable bonds is 8. The van der Waals surface area contributed by atoms with Gasteiger partial charge in [-0.1, -0.05) is 66.7 Å². The Hall–Kier alpha value is -2.35. The van der Waals surface area contributed by atoms with Gasteiger partial charge in [-0.2, -0.15) is 8.42 Å². The van der Waals surface area contributed by atoms with Gasteiger partial charge in [0.2, 0.25) is 0 Å². The summed E-state index contributed by atoms with van der Waals surface area (Å²) in [6.45, 7) is 0. The van der Waals surface area contributed by atoms with Crippen LogP contribution in [0.25, 0.3) is 11.3 Å². The highest BCUT2D eigenvalue weighted by atomic mass is 32.2. The highest BCUT2D eigenvalue weighted by Gasteiger charge is 2.39. The van der Waals surface area contributed by atoms with Crippen molar-refractivity contribution in [1.29, 1.82) is 0 Å². The zero-order valence-electron chi connectivity index (χ0n) is 15.9. The van der Waals surface area contributed by atoms with E-state index in [9.17, 15) is 27.3 Å². The van der Waals surface area contributed by atoms with Crippen molar-refractivity contribution in [1.82, 2.24) is 4.98 Å².